The Labute approximate surface area is 136 Å². The Morgan fingerprint density at radius 1 is 1.17 bits per heavy atom. The van der Waals surface area contributed by atoms with Crippen LogP contribution in [0.1, 0.15) is 56.3 Å². The number of rotatable bonds is 9. The molecule has 2 atom stereocenters. The second-order valence-corrected chi connectivity index (χ2v) is 6.09. The van der Waals surface area contributed by atoms with Crippen molar-refractivity contribution in [3.8, 4) is 0 Å². The topological polar surface area (TPSA) is 70.2 Å². The van der Waals surface area contributed by atoms with E-state index in [0.29, 0.717) is 12.0 Å². The van der Waals surface area contributed by atoms with E-state index in [9.17, 15) is 14.7 Å². The van der Waals surface area contributed by atoms with E-state index in [2.05, 4.69) is 11.9 Å². The van der Waals surface area contributed by atoms with Crippen LogP contribution in [0, 0.1) is 11.8 Å². The normalized spacial score (nSPS) is 13.8. The van der Waals surface area contributed by atoms with Crippen molar-refractivity contribution in [3.63, 3.8) is 0 Å². The standard InChI is InChI=1S/C19H25NO3/c1-3-5-6-9-13(4-2)17(19(22)23)18(21)15-12-20-16-11-8-7-10-14(15)16/h7-8,10-13,17,20H,3-6,9H2,1-2H3,(H,22,23). The summed E-state index contributed by atoms with van der Waals surface area (Å²) in [6.45, 7) is 4.09. The molecule has 0 aliphatic heterocycles. The molecule has 2 unspecified atom stereocenters. The Morgan fingerprint density at radius 3 is 2.57 bits per heavy atom. The van der Waals surface area contributed by atoms with E-state index < -0.39 is 11.9 Å². The number of nitrogens with one attached hydrogen (secondary N) is 1. The van der Waals surface area contributed by atoms with Crippen LogP contribution in [0.4, 0.5) is 0 Å². The zero-order chi connectivity index (χ0) is 16.8. The molecule has 0 radical (unpaired) electrons. The van der Waals surface area contributed by atoms with Gasteiger partial charge < -0.3 is 10.1 Å². The van der Waals surface area contributed by atoms with Gasteiger partial charge in [-0.05, 0) is 18.4 Å². The number of carbonyl (C=O) groups excluding carboxylic acids is 1. The Morgan fingerprint density at radius 2 is 1.91 bits per heavy atom. The summed E-state index contributed by atoms with van der Waals surface area (Å²) in [7, 11) is 0. The van der Waals surface area contributed by atoms with Crippen molar-refractivity contribution in [3.05, 3.63) is 36.0 Å². The molecule has 1 heterocycles. The number of benzene rings is 1. The van der Waals surface area contributed by atoms with Crippen LogP contribution in [0.5, 0.6) is 0 Å². The first-order valence-electron chi connectivity index (χ1n) is 8.43. The zero-order valence-corrected chi connectivity index (χ0v) is 13.8. The number of unbranched alkanes of at least 4 members (excludes halogenated alkanes) is 2. The van der Waals surface area contributed by atoms with Gasteiger partial charge in [-0.1, -0.05) is 57.7 Å². The van der Waals surface area contributed by atoms with Gasteiger partial charge in [0.05, 0.1) is 0 Å². The fourth-order valence-corrected chi connectivity index (χ4v) is 3.23. The lowest BCUT2D eigenvalue weighted by atomic mass is 9.81. The number of carboxylic acids is 1. The van der Waals surface area contributed by atoms with Crippen LogP contribution < -0.4 is 0 Å². The maximum absolute atomic E-state index is 12.9. The van der Waals surface area contributed by atoms with Crippen LogP contribution in [-0.4, -0.2) is 21.8 Å². The number of carboxylic acid groups (broad SMARTS) is 1. The fraction of sp³-hybridized carbons (Fsp3) is 0.474. The first kappa shape index (κ1) is 17.3. The molecule has 0 aliphatic carbocycles. The summed E-state index contributed by atoms with van der Waals surface area (Å²) in [5, 5.41) is 10.4. The minimum atomic E-state index is -1.01. The molecular formula is C19H25NO3. The van der Waals surface area contributed by atoms with Gasteiger partial charge >= 0.3 is 5.97 Å². The smallest absolute Gasteiger partial charge is 0.314 e. The summed E-state index contributed by atoms with van der Waals surface area (Å²) in [5.74, 6) is -2.36. The zero-order valence-electron chi connectivity index (χ0n) is 13.8. The number of carbonyl (C=O) groups is 2. The highest BCUT2D eigenvalue weighted by atomic mass is 16.4. The molecule has 2 aromatic rings. The third kappa shape index (κ3) is 3.81. The number of aromatic nitrogens is 1. The lowest BCUT2D eigenvalue weighted by Gasteiger charge is -2.21. The van der Waals surface area contributed by atoms with E-state index in [1.807, 2.05) is 31.2 Å². The van der Waals surface area contributed by atoms with Crippen molar-refractivity contribution in [1.29, 1.82) is 0 Å². The first-order chi connectivity index (χ1) is 11.1. The van der Waals surface area contributed by atoms with Crippen molar-refractivity contribution < 1.29 is 14.7 Å². The SMILES string of the molecule is CCCCCC(CC)C(C(=O)O)C(=O)c1c[nH]c2ccccc12. The monoisotopic (exact) mass is 315 g/mol. The van der Waals surface area contributed by atoms with Gasteiger partial charge in [0.2, 0.25) is 0 Å². The largest absolute Gasteiger partial charge is 0.481 e. The van der Waals surface area contributed by atoms with E-state index in [-0.39, 0.29) is 11.7 Å². The lowest BCUT2D eigenvalue weighted by Crippen LogP contribution is -2.31. The fourth-order valence-electron chi connectivity index (χ4n) is 3.23. The van der Waals surface area contributed by atoms with Crippen LogP contribution in [-0.2, 0) is 4.79 Å². The van der Waals surface area contributed by atoms with Crippen molar-refractivity contribution in [1.82, 2.24) is 4.98 Å². The van der Waals surface area contributed by atoms with Crippen molar-refractivity contribution >= 4 is 22.7 Å². The average molecular weight is 315 g/mol. The van der Waals surface area contributed by atoms with Gasteiger partial charge in [0.15, 0.2) is 5.78 Å². The van der Waals surface area contributed by atoms with Crippen LogP contribution >= 0.6 is 0 Å². The number of aromatic amines is 1. The molecule has 2 N–H and O–H groups in total. The van der Waals surface area contributed by atoms with Crippen LogP contribution in [0.3, 0.4) is 0 Å². The van der Waals surface area contributed by atoms with Crippen molar-refractivity contribution in [2.24, 2.45) is 11.8 Å². The molecule has 0 saturated heterocycles. The van der Waals surface area contributed by atoms with E-state index >= 15 is 0 Å². The van der Waals surface area contributed by atoms with Gasteiger partial charge in [0.25, 0.3) is 0 Å². The summed E-state index contributed by atoms with van der Waals surface area (Å²) in [5.41, 5.74) is 1.35. The van der Waals surface area contributed by atoms with E-state index in [1.165, 1.54) is 0 Å². The maximum Gasteiger partial charge on any atom is 0.314 e. The van der Waals surface area contributed by atoms with Crippen molar-refractivity contribution in [2.45, 2.75) is 46.0 Å². The summed E-state index contributed by atoms with van der Waals surface area (Å²) < 4.78 is 0. The summed E-state index contributed by atoms with van der Waals surface area (Å²) in [6, 6.07) is 7.50. The molecule has 0 aliphatic rings. The van der Waals surface area contributed by atoms with Gasteiger partial charge in [-0.15, -0.1) is 0 Å². The highest BCUT2D eigenvalue weighted by Crippen LogP contribution is 2.29. The number of hydrogen-bond donors (Lipinski definition) is 2. The molecule has 0 saturated carbocycles. The van der Waals surface area contributed by atoms with Gasteiger partial charge in [-0.25, -0.2) is 0 Å². The van der Waals surface area contributed by atoms with Gasteiger partial charge in [0.1, 0.15) is 5.92 Å². The number of Topliss-reactive ketones (excluding diaryl/α,β-unsaturated/α-hetero) is 1. The quantitative estimate of drug-likeness (QED) is 0.402. The van der Waals surface area contributed by atoms with E-state index in [4.69, 9.17) is 0 Å². The average Bonchev–Trinajstić information content (AvgIpc) is 2.97. The molecule has 23 heavy (non-hydrogen) atoms. The predicted octanol–water partition coefficient (Wildman–Crippen LogP) is 4.66. The predicted molar refractivity (Wildman–Crippen MR) is 91.7 cm³/mol. The van der Waals surface area contributed by atoms with Gasteiger partial charge in [-0.3, -0.25) is 9.59 Å². The number of ketones is 1. The molecule has 0 fully saturated rings. The number of para-hydroxylation sites is 1. The number of H-pyrrole nitrogens is 1. The molecule has 0 amide bonds. The summed E-state index contributed by atoms with van der Waals surface area (Å²) >= 11 is 0. The van der Waals surface area contributed by atoms with Gasteiger partial charge in [0, 0.05) is 22.7 Å². The molecule has 1 aromatic heterocycles. The first-order valence-corrected chi connectivity index (χ1v) is 8.43. The Kier molecular flexibility index (Phi) is 5.97. The van der Waals surface area contributed by atoms with Gasteiger partial charge in [-0.2, -0.15) is 0 Å². The highest BCUT2D eigenvalue weighted by Gasteiger charge is 2.35. The Bertz CT molecular complexity index is 674. The lowest BCUT2D eigenvalue weighted by molar-refractivity contribution is -0.141. The third-order valence-corrected chi connectivity index (χ3v) is 4.58. The minimum absolute atomic E-state index is 0.111. The second kappa shape index (κ2) is 7.95. The number of fused-ring (bicyclic) bond motifs is 1. The molecule has 0 bridgehead atoms. The highest BCUT2D eigenvalue weighted by molar-refractivity contribution is 6.15. The molecule has 124 valence electrons. The molecule has 4 nitrogen and oxygen atoms in total. The Balaban J connectivity index is 2.29. The van der Waals surface area contributed by atoms with Crippen LogP contribution in [0.2, 0.25) is 0 Å². The molecule has 2 rings (SSSR count). The molecular weight excluding hydrogens is 290 g/mol. The third-order valence-electron chi connectivity index (χ3n) is 4.58. The summed E-state index contributed by atoms with van der Waals surface area (Å²) in [4.78, 5) is 27.7. The number of aliphatic carboxylic acids is 1. The van der Waals surface area contributed by atoms with Crippen LogP contribution in [0.15, 0.2) is 30.5 Å². The molecule has 4 heteroatoms. The molecule has 0 spiro atoms. The van der Waals surface area contributed by atoms with Crippen LogP contribution in [0.25, 0.3) is 10.9 Å². The minimum Gasteiger partial charge on any atom is -0.481 e. The Hall–Kier alpha value is -2.10. The number of hydrogen-bond acceptors (Lipinski definition) is 2. The van der Waals surface area contributed by atoms with E-state index in [0.717, 1.165) is 36.6 Å². The summed E-state index contributed by atoms with van der Waals surface area (Å²) in [6.07, 6.45) is 6.26. The van der Waals surface area contributed by atoms with Crippen molar-refractivity contribution in [2.75, 3.05) is 0 Å². The van der Waals surface area contributed by atoms with E-state index in [1.54, 1.807) is 6.20 Å². The molecule has 1 aromatic carbocycles. The second-order valence-electron chi connectivity index (χ2n) is 6.09. The maximum atomic E-state index is 12.9.